The molecule has 0 fully saturated rings. The summed E-state index contributed by atoms with van der Waals surface area (Å²) in [4.78, 5) is 4.08. The van der Waals surface area contributed by atoms with Crippen molar-refractivity contribution in [3.8, 4) is 11.5 Å². The van der Waals surface area contributed by atoms with E-state index in [1.165, 1.54) is 0 Å². The van der Waals surface area contributed by atoms with Crippen LogP contribution in [0.25, 0.3) is 0 Å². The first kappa shape index (κ1) is 16.4. The minimum Gasteiger partial charge on any atom is -0.454 e. The van der Waals surface area contributed by atoms with Gasteiger partial charge in [0.05, 0.1) is 21.3 Å². The van der Waals surface area contributed by atoms with Crippen molar-refractivity contribution in [2.24, 2.45) is 0 Å². The summed E-state index contributed by atoms with van der Waals surface area (Å²) in [6.45, 7) is 4.84. The van der Waals surface area contributed by atoms with E-state index in [9.17, 15) is 0 Å². The van der Waals surface area contributed by atoms with E-state index in [1.807, 2.05) is 6.07 Å². The second-order valence-electron chi connectivity index (χ2n) is 4.82. The number of rotatable bonds is 5. The molecule has 1 heterocycles. The Morgan fingerprint density at radius 3 is 2.52 bits per heavy atom. The largest absolute Gasteiger partial charge is 0.454 e. The summed E-state index contributed by atoms with van der Waals surface area (Å²) in [6.07, 6.45) is 3.37. The van der Waals surface area contributed by atoms with E-state index in [0.717, 1.165) is 5.56 Å². The van der Waals surface area contributed by atoms with E-state index in [4.69, 9.17) is 39.5 Å². The van der Waals surface area contributed by atoms with Crippen molar-refractivity contribution in [3.05, 3.63) is 51.2 Å². The standard InChI is InChI=1S/C15H15Cl3N2O/c1-9(2)20-7-10-3-4-19-8-15(10)21-14-6-12(17)11(16)5-13(14)18/h3-6,8-9,20H,7H2,1-2H3. The predicted octanol–water partition coefficient (Wildman–Crippen LogP) is 5.33. The van der Waals surface area contributed by atoms with E-state index in [-0.39, 0.29) is 0 Å². The maximum atomic E-state index is 6.13. The predicted molar refractivity (Wildman–Crippen MR) is 87.8 cm³/mol. The first-order chi connectivity index (χ1) is 9.97. The molecule has 112 valence electrons. The highest BCUT2D eigenvalue weighted by atomic mass is 35.5. The fourth-order valence-electron chi connectivity index (χ4n) is 1.66. The molecule has 1 aromatic heterocycles. The van der Waals surface area contributed by atoms with Gasteiger partial charge in [-0.15, -0.1) is 0 Å². The highest BCUT2D eigenvalue weighted by molar-refractivity contribution is 6.43. The zero-order chi connectivity index (χ0) is 15.4. The van der Waals surface area contributed by atoms with Crippen LogP contribution in [-0.2, 0) is 6.54 Å². The van der Waals surface area contributed by atoms with Crippen molar-refractivity contribution in [1.82, 2.24) is 10.3 Å². The summed E-state index contributed by atoms with van der Waals surface area (Å²) in [5.74, 6) is 1.08. The zero-order valence-electron chi connectivity index (χ0n) is 11.7. The van der Waals surface area contributed by atoms with Crippen LogP contribution in [0.4, 0.5) is 0 Å². The molecular formula is C15H15Cl3N2O. The van der Waals surface area contributed by atoms with Crippen molar-refractivity contribution in [2.75, 3.05) is 0 Å². The minimum absolute atomic E-state index is 0.375. The molecule has 0 saturated heterocycles. The Kier molecular flexibility index (Phi) is 5.71. The van der Waals surface area contributed by atoms with Gasteiger partial charge in [-0.3, -0.25) is 4.98 Å². The van der Waals surface area contributed by atoms with Crippen LogP contribution in [0.15, 0.2) is 30.6 Å². The summed E-state index contributed by atoms with van der Waals surface area (Å²) in [5.41, 5.74) is 0.987. The Morgan fingerprint density at radius 2 is 1.81 bits per heavy atom. The third-order valence-corrected chi connectivity index (χ3v) is 3.78. The smallest absolute Gasteiger partial charge is 0.150 e. The number of nitrogens with zero attached hydrogens (tertiary/aromatic N) is 1. The lowest BCUT2D eigenvalue weighted by atomic mass is 10.2. The second-order valence-corrected chi connectivity index (χ2v) is 6.04. The van der Waals surface area contributed by atoms with Gasteiger partial charge in [-0.1, -0.05) is 48.7 Å². The lowest BCUT2D eigenvalue weighted by Gasteiger charge is -2.14. The van der Waals surface area contributed by atoms with Gasteiger partial charge in [0.1, 0.15) is 11.5 Å². The normalized spacial score (nSPS) is 11.0. The fourth-order valence-corrected chi connectivity index (χ4v) is 2.24. The van der Waals surface area contributed by atoms with Crippen LogP contribution < -0.4 is 10.1 Å². The molecule has 1 N–H and O–H groups in total. The van der Waals surface area contributed by atoms with Gasteiger partial charge < -0.3 is 10.1 Å². The number of hydrogen-bond acceptors (Lipinski definition) is 3. The molecule has 0 atom stereocenters. The quantitative estimate of drug-likeness (QED) is 0.743. The van der Waals surface area contributed by atoms with Crippen LogP contribution in [-0.4, -0.2) is 11.0 Å². The molecule has 0 aliphatic rings. The van der Waals surface area contributed by atoms with E-state index >= 15 is 0 Å². The van der Waals surface area contributed by atoms with E-state index in [2.05, 4.69) is 24.1 Å². The van der Waals surface area contributed by atoms with Gasteiger partial charge in [-0.25, -0.2) is 0 Å². The third kappa shape index (κ3) is 4.48. The summed E-state index contributed by atoms with van der Waals surface area (Å²) in [7, 11) is 0. The monoisotopic (exact) mass is 344 g/mol. The molecule has 0 radical (unpaired) electrons. The van der Waals surface area contributed by atoms with Crippen molar-refractivity contribution < 1.29 is 4.74 Å². The summed E-state index contributed by atoms with van der Waals surface area (Å²) < 4.78 is 5.83. The van der Waals surface area contributed by atoms with Gasteiger partial charge >= 0.3 is 0 Å². The molecule has 0 amide bonds. The Bertz CT molecular complexity index is 632. The summed E-state index contributed by atoms with van der Waals surface area (Å²) >= 11 is 18.0. The highest BCUT2D eigenvalue weighted by Gasteiger charge is 2.11. The highest BCUT2D eigenvalue weighted by Crippen LogP contribution is 2.36. The van der Waals surface area contributed by atoms with Crippen LogP contribution in [0.5, 0.6) is 11.5 Å². The summed E-state index contributed by atoms with van der Waals surface area (Å²) in [5, 5.41) is 4.52. The number of pyridine rings is 1. The SMILES string of the molecule is CC(C)NCc1ccncc1Oc1cc(Cl)c(Cl)cc1Cl. The van der Waals surface area contributed by atoms with Crippen molar-refractivity contribution >= 4 is 34.8 Å². The molecule has 6 heteroatoms. The molecule has 2 aromatic rings. The second kappa shape index (κ2) is 7.32. The average molecular weight is 346 g/mol. The van der Waals surface area contributed by atoms with Gasteiger partial charge in [-0.2, -0.15) is 0 Å². The summed E-state index contributed by atoms with van der Waals surface area (Å²) in [6, 6.07) is 5.43. The van der Waals surface area contributed by atoms with Crippen LogP contribution in [0, 0.1) is 0 Å². The van der Waals surface area contributed by atoms with Gasteiger partial charge in [0.25, 0.3) is 0 Å². The van der Waals surface area contributed by atoms with Gasteiger partial charge in [0, 0.05) is 30.4 Å². The number of nitrogens with one attached hydrogen (secondary N) is 1. The molecule has 0 saturated carbocycles. The maximum absolute atomic E-state index is 6.13. The Labute approximate surface area is 139 Å². The fraction of sp³-hybridized carbons (Fsp3) is 0.267. The van der Waals surface area contributed by atoms with Gasteiger partial charge in [0.2, 0.25) is 0 Å². The van der Waals surface area contributed by atoms with E-state index in [1.54, 1.807) is 24.5 Å². The third-order valence-electron chi connectivity index (χ3n) is 2.77. The Balaban J connectivity index is 2.25. The molecule has 0 bridgehead atoms. The van der Waals surface area contributed by atoms with Crippen LogP contribution in [0.2, 0.25) is 15.1 Å². The molecular weight excluding hydrogens is 331 g/mol. The van der Waals surface area contributed by atoms with Crippen molar-refractivity contribution in [2.45, 2.75) is 26.4 Å². The average Bonchev–Trinajstić information content (AvgIpc) is 2.43. The molecule has 3 nitrogen and oxygen atoms in total. The van der Waals surface area contributed by atoms with E-state index in [0.29, 0.717) is 39.2 Å². The number of ether oxygens (including phenoxy) is 1. The van der Waals surface area contributed by atoms with Crippen LogP contribution >= 0.6 is 34.8 Å². The Morgan fingerprint density at radius 1 is 1.10 bits per heavy atom. The van der Waals surface area contributed by atoms with Crippen LogP contribution in [0.3, 0.4) is 0 Å². The lowest BCUT2D eigenvalue weighted by molar-refractivity contribution is 0.467. The van der Waals surface area contributed by atoms with Gasteiger partial charge in [-0.05, 0) is 12.1 Å². The molecule has 0 unspecified atom stereocenters. The minimum atomic E-state index is 0.375. The maximum Gasteiger partial charge on any atom is 0.150 e. The molecule has 21 heavy (non-hydrogen) atoms. The number of aromatic nitrogens is 1. The lowest BCUT2D eigenvalue weighted by Crippen LogP contribution is -2.22. The number of hydrogen-bond donors (Lipinski definition) is 1. The van der Waals surface area contributed by atoms with Crippen molar-refractivity contribution in [3.63, 3.8) is 0 Å². The molecule has 0 aliphatic heterocycles. The number of benzene rings is 1. The molecule has 0 aliphatic carbocycles. The van der Waals surface area contributed by atoms with Crippen LogP contribution in [0.1, 0.15) is 19.4 Å². The van der Waals surface area contributed by atoms with Crippen molar-refractivity contribution in [1.29, 1.82) is 0 Å². The van der Waals surface area contributed by atoms with E-state index < -0.39 is 0 Å². The topological polar surface area (TPSA) is 34.2 Å². The number of halogens is 3. The first-order valence-corrected chi connectivity index (χ1v) is 7.59. The molecule has 2 rings (SSSR count). The zero-order valence-corrected chi connectivity index (χ0v) is 13.9. The van der Waals surface area contributed by atoms with Gasteiger partial charge in [0.15, 0.2) is 0 Å². The molecule has 1 aromatic carbocycles. The first-order valence-electron chi connectivity index (χ1n) is 6.46. The Hall–Kier alpha value is -1.000. The molecule has 0 spiro atoms.